The number of nitrogens with zero attached hydrogens (tertiary/aromatic N) is 2. The van der Waals surface area contributed by atoms with Crippen LogP contribution in [-0.4, -0.2) is 16.9 Å². The molecule has 1 aromatic carbocycles. The lowest BCUT2D eigenvalue weighted by atomic mass is 10.2. The molecule has 0 saturated heterocycles. The lowest BCUT2D eigenvalue weighted by Crippen LogP contribution is -2.03. The molecule has 0 aliphatic carbocycles. The Hall–Kier alpha value is -1.81. The molecule has 2 aromatic rings. The zero-order valence-corrected chi connectivity index (χ0v) is 9.26. The van der Waals surface area contributed by atoms with Gasteiger partial charge in [-0.2, -0.15) is 5.10 Å². The summed E-state index contributed by atoms with van der Waals surface area (Å²) >= 11 is 0. The molecule has 0 aliphatic heterocycles. The van der Waals surface area contributed by atoms with Gasteiger partial charge < -0.3 is 10.5 Å². The number of rotatable bonds is 4. The van der Waals surface area contributed by atoms with E-state index in [0.29, 0.717) is 6.54 Å². The number of ether oxygens (including phenoxy) is 1. The van der Waals surface area contributed by atoms with E-state index in [1.165, 1.54) is 0 Å². The summed E-state index contributed by atoms with van der Waals surface area (Å²) < 4.78 is 7.04. The zero-order chi connectivity index (χ0) is 11.4. The molecule has 0 amide bonds. The van der Waals surface area contributed by atoms with E-state index >= 15 is 0 Å². The van der Waals surface area contributed by atoms with Gasteiger partial charge in [0, 0.05) is 12.7 Å². The van der Waals surface area contributed by atoms with Gasteiger partial charge in [-0.3, -0.25) is 4.68 Å². The third-order valence-corrected chi connectivity index (χ3v) is 2.38. The number of hydrogen-bond acceptors (Lipinski definition) is 3. The highest BCUT2D eigenvalue weighted by Gasteiger charge is 1.99. The fraction of sp³-hybridized carbons (Fsp3) is 0.250. The Morgan fingerprint density at radius 2 is 2.25 bits per heavy atom. The van der Waals surface area contributed by atoms with E-state index in [4.69, 9.17) is 10.5 Å². The van der Waals surface area contributed by atoms with Crippen LogP contribution >= 0.6 is 0 Å². The minimum atomic E-state index is 0.477. The molecule has 0 radical (unpaired) electrons. The van der Waals surface area contributed by atoms with Gasteiger partial charge in [0.1, 0.15) is 5.75 Å². The van der Waals surface area contributed by atoms with E-state index in [1.807, 2.05) is 41.2 Å². The van der Waals surface area contributed by atoms with E-state index in [9.17, 15) is 0 Å². The van der Waals surface area contributed by atoms with Crippen LogP contribution in [0.3, 0.4) is 0 Å². The van der Waals surface area contributed by atoms with Crippen LogP contribution in [0.5, 0.6) is 5.75 Å². The Bertz CT molecular complexity index is 465. The molecule has 0 aliphatic rings. The van der Waals surface area contributed by atoms with Crippen LogP contribution in [-0.2, 0) is 13.1 Å². The molecule has 0 atom stereocenters. The van der Waals surface area contributed by atoms with E-state index in [-0.39, 0.29) is 0 Å². The summed E-state index contributed by atoms with van der Waals surface area (Å²) in [5.41, 5.74) is 7.57. The predicted molar refractivity (Wildman–Crippen MR) is 62.2 cm³/mol. The van der Waals surface area contributed by atoms with Crippen molar-refractivity contribution in [1.29, 1.82) is 0 Å². The number of aromatic nitrogens is 2. The molecule has 4 nitrogen and oxygen atoms in total. The zero-order valence-electron chi connectivity index (χ0n) is 9.26. The van der Waals surface area contributed by atoms with Crippen LogP contribution in [0, 0.1) is 0 Å². The van der Waals surface area contributed by atoms with Crippen molar-refractivity contribution in [2.45, 2.75) is 13.1 Å². The summed E-state index contributed by atoms with van der Waals surface area (Å²) in [4.78, 5) is 0. The van der Waals surface area contributed by atoms with Crippen molar-refractivity contribution < 1.29 is 4.74 Å². The molecule has 0 fully saturated rings. The van der Waals surface area contributed by atoms with Crippen LogP contribution in [0.2, 0.25) is 0 Å². The second-order valence-corrected chi connectivity index (χ2v) is 3.56. The van der Waals surface area contributed by atoms with Gasteiger partial charge in [-0.15, -0.1) is 0 Å². The molecule has 1 aromatic heterocycles. The van der Waals surface area contributed by atoms with E-state index < -0.39 is 0 Å². The third kappa shape index (κ3) is 2.41. The molecule has 84 valence electrons. The average Bonchev–Trinajstić information content (AvgIpc) is 2.77. The van der Waals surface area contributed by atoms with Crippen LogP contribution in [0.4, 0.5) is 0 Å². The number of hydrogen-bond donors (Lipinski definition) is 1. The molecule has 2 N–H and O–H groups in total. The summed E-state index contributed by atoms with van der Waals surface area (Å²) in [5.74, 6) is 0.865. The van der Waals surface area contributed by atoms with Crippen molar-refractivity contribution in [3.05, 3.63) is 47.8 Å². The molecule has 0 spiro atoms. The topological polar surface area (TPSA) is 53.1 Å². The summed E-state index contributed by atoms with van der Waals surface area (Å²) in [6.45, 7) is 1.21. The smallest absolute Gasteiger partial charge is 0.119 e. The minimum Gasteiger partial charge on any atom is -0.497 e. The van der Waals surface area contributed by atoms with E-state index in [2.05, 4.69) is 5.10 Å². The van der Waals surface area contributed by atoms with Gasteiger partial charge in [-0.1, -0.05) is 12.1 Å². The highest BCUT2D eigenvalue weighted by molar-refractivity contribution is 5.28. The molecular weight excluding hydrogens is 202 g/mol. The van der Waals surface area contributed by atoms with Crippen molar-refractivity contribution in [3.63, 3.8) is 0 Å². The Balaban J connectivity index is 2.13. The number of benzene rings is 1. The van der Waals surface area contributed by atoms with Crippen molar-refractivity contribution >= 4 is 0 Å². The Morgan fingerprint density at radius 1 is 1.38 bits per heavy atom. The molecule has 0 unspecified atom stereocenters. The van der Waals surface area contributed by atoms with Gasteiger partial charge in [0.15, 0.2) is 0 Å². The predicted octanol–water partition coefficient (Wildman–Crippen LogP) is 1.40. The van der Waals surface area contributed by atoms with Crippen molar-refractivity contribution in [2.75, 3.05) is 7.11 Å². The fourth-order valence-corrected chi connectivity index (χ4v) is 1.56. The highest BCUT2D eigenvalue weighted by Crippen LogP contribution is 2.13. The Morgan fingerprint density at radius 3 is 2.94 bits per heavy atom. The maximum absolute atomic E-state index is 5.51. The first-order valence-electron chi connectivity index (χ1n) is 5.17. The first-order valence-corrected chi connectivity index (χ1v) is 5.17. The standard InChI is InChI=1S/C12H15N3O/c1-16-12-4-2-3-10(7-12)9-15-6-5-11(8-13)14-15/h2-7H,8-9,13H2,1H3. The average molecular weight is 217 g/mol. The monoisotopic (exact) mass is 217 g/mol. The van der Waals surface area contributed by atoms with Crippen molar-refractivity contribution in [3.8, 4) is 5.75 Å². The maximum atomic E-state index is 5.51. The molecule has 0 bridgehead atoms. The maximum Gasteiger partial charge on any atom is 0.119 e. The SMILES string of the molecule is COc1cccc(Cn2ccc(CN)n2)c1. The summed E-state index contributed by atoms with van der Waals surface area (Å²) in [6, 6.07) is 9.88. The van der Waals surface area contributed by atoms with E-state index in [0.717, 1.165) is 23.6 Å². The normalized spacial score (nSPS) is 10.4. The second-order valence-electron chi connectivity index (χ2n) is 3.56. The molecule has 4 heteroatoms. The van der Waals surface area contributed by atoms with Gasteiger partial charge >= 0.3 is 0 Å². The molecular formula is C12H15N3O. The molecule has 0 saturated carbocycles. The van der Waals surface area contributed by atoms with Crippen LogP contribution < -0.4 is 10.5 Å². The third-order valence-electron chi connectivity index (χ3n) is 2.38. The van der Waals surface area contributed by atoms with Crippen molar-refractivity contribution in [2.24, 2.45) is 5.73 Å². The number of nitrogens with two attached hydrogens (primary N) is 1. The Labute approximate surface area is 94.6 Å². The van der Waals surface area contributed by atoms with Gasteiger partial charge in [0.2, 0.25) is 0 Å². The van der Waals surface area contributed by atoms with Gasteiger partial charge in [-0.05, 0) is 23.8 Å². The van der Waals surface area contributed by atoms with Crippen LogP contribution in [0.15, 0.2) is 36.5 Å². The van der Waals surface area contributed by atoms with Gasteiger partial charge in [0.05, 0.1) is 19.3 Å². The van der Waals surface area contributed by atoms with Gasteiger partial charge in [-0.25, -0.2) is 0 Å². The Kier molecular flexibility index (Phi) is 3.22. The minimum absolute atomic E-state index is 0.477. The summed E-state index contributed by atoms with van der Waals surface area (Å²) in [6.07, 6.45) is 1.93. The molecule has 16 heavy (non-hydrogen) atoms. The van der Waals surface area contributed by atoms with Crippen molar-refractivity contribution in [1.82, 2.24) is 9.78 Å². The largest absolute Gasteiger partial charge is 0.497 e. The quantitative estimate of drug-likeness (QED) is 0.842. The van der Waals surface area contributed by atoms with Crippen LogP contribution in [0.1, 0.15) is 11.3 Å². The molecule has 2 rings (SSSR count). The summed E-state index contributed by atoms with van der Waals surface area (Å²) in [5, 5.41) is 4.33. The van der Waals surface area contributed by atoms with E-state index in [1.54, 1.807) is 7.11 Å². The first-order chi connectivity index (χ1) is 7.81. The lowest BCUT2D eigenvalue weighted by molar-refractivity contribution is 0.414. The molecule has 1 heterocycles. The summed E-state index contributed by atoms with van der Waals surface area (Å²) in [7, 11) is 1.67. The second kappa shape index (κ2) is 4.81. The van der Waals surface area contributed by atoms with Gasteiger partial charge in [0.25, 0.3) is 0 Å². The highest BCUT2D eigenvalue weighted by atomic mass is 16.5. The fourth-order valence-electron chi connectivity index (χ4n) is 1.56. The number of methoxy groups -OCH3 is 1. The van der Waals surface area contributed by atoms with Crippen LogP contribution in [0.25, 0.3) is 0 Å². The first kappa shape index (κ1) is 10.7. The lowest BCUT2D eigenvalue weighted by Gasteiger charge is -2.04.